The Bertz CT molecular complexity index is 1290. The summed E-state index contributed by atoms with van der Waals surface area (Å²) in [7, 11) is -2.88. The number of fused-ring (bicyclic) bond motifs is 2. The van der Waals surface area contributed by atoms with Gasteiger partial charge < -0.3 is 10.5 Å². The second kappa shape index (κ2) is 8.81. The zero-order chi connectivity index (χ0) is 21.5. The van der Waals surface area contributed by atoms with Gasteiger partial charge in [-0.25, -0.2) is 5.48 Å². The third-order valence-electron chi connectivity index (χ3n) is 4.72. The number of nitrogens with one attached hydrogen (secondary N) is 1. The van der Waals surface area contributed by atoms with Crippen LogP contribution in [0.1, 0.15) is 31.8 Å². The molecule has 152 valence electrons. The number of rotatable bonds is 5. The number of hydrogen-bond donors (Lipinski definition) is 2. The van der Waals surface area contributed by atoms with Gasteiger partial charge in [0.2, 0.25) is 0 Å². The van der Waals surface area contributed by atoms with Crippen LogP contribution in [-0.2, 0) is 14.4 Å². The SMILES string of the molecule is COc1ccc(NOS(=O)(=O)c2ccc3c(c2N)C(=O)c2ccccc2C3=O)cc1.[Na+]. The third kappa shape index (κ3) is 4.10. The molecule has 0 aliphatic heterocycles. The number of carbonyl (C=O) groups excluding carboxylic acids is 2. The Balaban J connectivity index is 0.00000272. The molecule has 0 spiro atoms. The molecule has 0 fully saturated rings. The van der Waals surface area contributed by atoms with Crippen molar-refractivity contribution in [2.45, 2.75) is 4.90 Å². The van der Waals surface area contributed by atoms with E-state index in [9.17, 15) is 18.0 Å². The largest absolute Gasteiger partial charge is 1.00 e. The average Bonchev–Trinajstić information content (AvgIpc) is 2.76. The Hall–Kier alpha value is -2.69. The molecule has 3 N–H and O–H groups in total. The van der Waals surface area contributed by atoms with E-state index < -0.39 is 26.6 Å². The fourth-order valence-electron chi connectivity index (χ4n) is 3.22. The maximum absolute atomic E-state index is 12.9. The van der Waals surface area contributed by atoms with E-state index in [4.69, 9.17) is 14.8 Å². The van der Waals surface area contributed by atoms with Gasteiger partial charge in [0.25, 0.3) is 0 Å². The number of benzene rings is 3. The van der Waals surface area contributed by atoms with Gasteiger partial charge in [-0.3, -0.25) is 9.59 Å². The summed E-state index contributed by atoms with van der Waals surface area (Å²) in [5.74, 6) is -0.322. The van der Waals surface area contributed by atoms with Crippen LogP contribution in [0.3, 0.4) is 0 Å². The van der Waals surface area contributed by atoms with Crippen molar-refractivity contribution in [2.24, 2.45) is 0 Å². The Labute approximate surface area is 200 Å². The molecule has 3 aromatic carbocycles. The van der Waals surface area contributed by atoms with Crippen LogP contribution >= 0.6 is 0 Å². The summed E-state index contributed by atoms with van der Waals surface area (Å²) in [6.07, 6.45) is 0. The molecule has 4 rings (SSSR count). The first kappa shape index (κ1) is 23.0. The first-order valence-electron chi connectivity index (χ1n) is 8.78. The van der Waals surface area contributed by atoms with E-state index in [0.29, 0.717) is 11.4 Å². The molecule has 1 aliphatic rings. The van der Waals surface area contributed by atoms with E-state index in [1.165, 1.54) is 19.2 Å². The third-order valence-corrected chi connectivity index (χ3v) is 5.92. The number of ketones is 2. The van der Waals surface area contributed by atoms with Gasteiger partial charge in [0.05, 0.1) is 24.0 Å². The first-order valence-corrected chi connectivity index (χ1v) is 10.2. The number of hydrogen-bond acceptors (Lipinski definition) is 8. The summed E-state index contributed by atoms with van der Waals surface area (Å²) in [4.78, 5) is 25.2. The zero-order valence-electron chi connectivity index (χ0n) is 16.7. The predicted octanol–water partition coefficient (Wildman–Crippen LogP) is -0.211. The van der Waals surface area contributed by atoms with Crippen molar-refractivity contribution in [1.82, 2.24) is 0 Å². The standard InChI is InChI=1S/C21H16N2O6S.Na/c1-28-13-8-6-12(7-9-13)23-29-30(26,27)17-11-10-16-18(19(17)22)21(25)15-5-3-2-4-14(15)20(16)24;/h2-11,23H,22H2,1H3;/q;+1. The van der Waals surface area contributed by atoms with E-state index in [0.717, 1.165) is 6.07 Å². The van der Waals surface area contributed by atoms with Gasteiger partial charge in [0.1, 0.15) is 10.6 Å². The maximum Gasteiger partial charge on any atom is 1.00 e. The molecule has 31 heavy (non-hydrogen) atoms. The summed E-state index contributed by atoms with van der Waals surface area (Å²) >= 11 is 0. The summed E-state index contributed by atoms with van der Waals surface area (Å²) < 4.78 is 35.3. The minimum atomic E-state index is -4.39. The van der Waals surface area contributed by atoms with Crippen LogP contribution in [0.2, 0.25) is 0 Å². The number of anilines is 2. The van der Waals surface area contributed by atoms with Crippen LogP contribution < -0.4 is 45.5 Å². The normalized spacial score (nSPS) is 12.4. The molecule has 8 nitrogen and oxygen atoms in total. The molecule has 0 aromatic heterocycles. The average molecular weight is 447 g/mol. The fourth-order valence-corrected chi connectivity index (χ4v) is 4.12. The van der Waals surface area contributed by atoms with Gasteiger partial charge in [-0.05, 0) is 36.4 Å². The van der Waals surface area contributed by atoms with Gasteiger partial charge in [0.15, 0.2) is 11.6 Å². The van der Waals surface area contributed by atoms with Crippen LogP contribution in [0.5, 0.6) is 5.75 Å². The summed E-state index contributed by atoms with van der Waals surface area (Å²) in [5.41, 5.74) is 8.71. The molecule has 0 bridgehead atoms. The molecule has 0 heterocycles. The van der Waals surface area contributed by atoms with Crippen molar-refractivity contribution in [3.63, 3.8) is 0 Å². The molecular formula is C21H16N2NaO6S+. The van der Waals surface area contributed by atoms with Crippen molar-refractivity contribution >= 4 is 33.1 Å². The molecule has 0 saturated heterocycles. The van der Waals surface area contributed by atoms with Crippen molar-refractivity contribution < 1.29 is 56.6 Å². The number of carbonyl (C=O) groups is 2. The van der Waals surface area contributed by atoms with Gasteiger partial charge in [-0.2, -0.15) is 8.42 Å². The molecule has 0 atom stereocenters. The Kier molecular flexibility index (Phi) is 6.54. The van der Waals surface area contributed by atoms with Gasteiger partial charge in [-0.15, -0.1) is 4.28 Å². The van der Waals surface area contributed by atoms with Gasteiger partial charge in [0, 0.05) is 16.7 Å². The van der Waals surface area contributed by atoms with Crippen molar-refractivity contribution in [3.05, 3.63) is 82.9 Å². The number of ether oxygens (including phenoxy) is 1. The maximum atomic E-state index is 12.9. The molecule has 10 heteroatoms. The number of methoxy groups -OCH3 is 1. The monoisotopic (exact) mass is 447 g/mol. The summed E-state index contributed by atoms with van der Waals surface area (Å²) in [5, 5.41) is 0. The Morgan fingerprint density at radius 2 is 1.45 bits per heavy atom. The van der Waals surface area contributed by atoms with E-state index >= 15 is 0 Å². The molecule has 1 aliphatic carbocycles. The first-order chi connectivity index (χ1) is 14.3. The molecule has 0 saturated carbocycles. The van der Waals surface area contributed by atoms with Crippen molar-refractivity contribution in [1.29, 1.82) is 0 Å². The number of nitrogen functional groups attached to an aromatic ring is 1. The Morgan fingerprint density at radius 1 is 0.839 bits per heavy atom. The molecular weight excluding hydrogens is 431 g/mol. The zero-order valence-corrected chi connectivity index (χ0v) is 19.5. The Morgan fingerprint density at radius 3 is 2.06 bits per heavy atom. The topological polar surface area (TPSA) is 125 Å². The van der Waals surface area contributed by atoms with Gasteiger partial charge >= 0.3 is 39.7 Å². The van der Waals surface area contributed by atoms with Crippen LogP contribution in [0.4, 0.5) is 11.4 Å². The predicted molar refractivity (Wildman–Crippen MR) is 109 cm³/mol. The van der Waals surface area contributed by atoms with Crippen LogP contribution in [0, 0.1) is 0 Å². The van der Waals surface area contributed by atoms with Crippen molar-refractivity contribution in [2.75, 3.05) is 18.3 Å². The minimum Gasteiger partial charge on any atom is -0.497 e. The van der Waals surface area contributed by atoms with Gasteiger partial charge in [-0.1, -0.05) is 24.3 Å². The number of nitrogens with two attached hydrogens (primary N) is 1. The molecule has 0 unspecified atom stereocenters. The minimum absolute atomic E-state index is 0. The van der Waals surface area contributed by atoms with Crippen LogP contribution in [-0.4, -0.2) is 27.1 Å². The van der Waals surface area contributed by atoms with Crippen LogP contribution in [0.15, 0.2) is 65.6 Å². The second-order valence-corrected chi connectivity index (χ2v) is 7.99. The molecule has 3 aromatic rings. The van der Waals surface area contributed by atoms with Crippen molar-refractivity contribution in [3.8, 4) is 5.75 Å². The van der Waals surface area contributed by atoms with Crippen LogP contribution in [0.25, 0.3) is 0 Å². The summed E-state index contributed by atoms with van der Waals surface area (Å²) in [6.45, 7) is 0. The van der Waals surface area contributed by atoms with E-state index in [2.05, 4.69) is 5.48 Å². The van der Waals surface area contributed by atoms with E-state index in [-0.39, 0.29) is 57.5 Å². The van der Waals surface area contributed by atoms with E-state index in [1.54, 1.807) is 42.5 Å². The fraction of sp³-hybridized carbons (Fsp3) is 0.0476. The molecule has 0 radical (unpaired) electrons. The summed E-state index contributed by atoms with van der Waals surface area (Å²) in [6, 6.07) is 15.1. The smallest absolute Gasteiger partial charge is 0.497 e. The van der Waals surface area contributed by atoms with E-state index in [1.807, 2.05) is 0 Å². The second-order valence-electron chi connectivity index (χ2n) is 6.47. The molecule has 0 amide bonds. The quantitative estimate of drug-likeness (QED) is 0.245.